The van der Waals surface area contributed by atoms with Gasteiger partial charge in [0.15, 0.2) is 0 Å². The van der Waals surface area contributed by atoms with Crippen molar-refractivity contribution < 1.29 is 27.5 Å². The zero-order valence-corrected chi connectivity index (χ0v) is 14.4. The van der Waals surface area contributed by atoms with E-state index in [0.717, 1.165) is 6.42 Å². The molecule has 0 bridgehead atoms. The van der Waals surface area contributed by atoms with Gasteiger partial charge in [0.2, 0.25) is 5.72 Å². The summed E-state index contributed by atoms with van der Waals surface area (Å²) >= 11 is 0. The smallest absolute Gasteiger partial charge is 0.287 e. The van der Waals surface area contributed by atoms with E-state index in [4.69, 9.17) is 0 Å². The largest absolute Gasteiger partial charge is 0.364 e. The highest BCUT2D eigenvalue weighted by molar-refractivity contribution is 6.07. The van der Waals surface area contributed by atoms with Gasteiger partial charge in [-0.3, -0.25) is 9.78 Å². The van der Waals surface area contributed by atoms with Crippen LogP contribution in [-0.4, -0.2) is 45.3 Å². The molecular formula is C18H17F4N3O2. The predicted octanol–water partition coefficient (Wildman–Crippen LogP) is 3.61. The normalized spacial score (nSPS) is 20.0. The molecule has 2 aromatic rings. The van der Waals surface area contributed by atoms with Gasteiger partial charge in [-0.05, 0) is 18.6 Å². The van der Waals surface area contributed by atoms with Crippen molar-refractivity contribution >= 4 is 22.5 Å². The number of pyridine rings is 1. The fourth-order valence-electron chi connectivity index (χ4n) is 3.01. The Balaban J connectivity index is 2.13. The van der Waals surface area contributed by atoms with Crippen LogP contribution in [0.4, 0.5) is 17.6 Å². The van der Waals surface area contributed by atoms with E-state index in [1.54, 1.807) is 24.3 Å². The Bertz CT molecular complexity index is 903. The number of para-hydroxylation sites is 1. The molecule has 0 saturated heterocycles. The minimum atomic E-state index is -3.47. The number of hydrogen-bond donors (Lipinski definition) is 1. The molecule has 1 N–H and O–H groups in total. The third kappa shape index (κ3) is 3.39. The lowest BCUT2D eigenvalue weighted by Gasteiger charge is -2.30. The first kappa shape index (κ1) is 19.2. The molecular weight excluding hydrogens is 366 g/mol. The number of fused-ring (bicyclic) bond motifs is 1. The highest BCUT2D eigenvalue weighted by Crippen LogP contribution is 2.35. The molecule has 1 amide bonds. The second kappa shape index (κ2) is 7.22. The number of alkyl halides is 4. The summed E-state index contributed by atoms with van der Waals surface area (Å²) in [5, 5.41) is 14.0. The maximum absolute atomic E-state index is 13.4. The van der Waals surface area contributed by atoms with Crippen molar-refractivity contribution in [1.82, 2.24) is 9.99 Å². The lowest BCUT2D eigenvalue weighted by atomic mass is 10.0. The molecule has 2 heterocycles. The van der Waals surface area contributed by atoms with Crippen molar-refractivity contribution in [3.8, 4) is 0 Å². The van der Waals surface area contributed by atoms with E-state index < -0.39 is 36.6 Å². The molecule has 1 unspecified atom stereocenters. The van der Waals surface area contributed by atoms with E-state index >= 15 is 0 Å². The van der Waals surface area contributed by atoms with Crippen molar-refractivity contribution in [1.29, 1.82) is 0 Å². The Kier molecular flexibility index (Phi) is 5.14. The number of rotatable bonds is 5. The Morgan fingerprint density at radius 1 is 1.30 bits per heavy atom. The molecule has 1 atom stereocenters. The molecule has 5 nitrogen and oxygen atoms in total. The van der Waals surface area contributed by atoms with E-state index in [2.05, 4.69) is 10.1 Å². The number of carbonyl (C=O) groups excluding carboxylic acids is 1. The summed E-state index contributed by atoms with van der Waals surface area (Å²) in [6, 6.07) is 7.99. The molecule has 1 aliphatic heterocycles. The van der Waals surface area contributed by atoms with Gasteiger partial charge in [0.25, 0.3) is 18.8 Å². The topological polar surface area (TPSA) is 65.8 Å². The number of hydrazone groups is 1. The van der Waals surface area contributed by atoms with E-state index in [-0.39, 0.29) is 10.6 Å². The van der Waals surface area contributed by atoms with Gasteiger partial charge in [-0.15, -0.1) is 0 Å². The highest BCUT2D eigenvalue weighted by Gasteiger charge is 2.53. The molecule has 3 rings (SSSR count). The van der Waals surface area contributed by atoms with E-state index in [1.807, 2.05) is 6.92 Å². The maximum Gasteiger partial charge on any atom is 0.287 e. The van der Waals surface area contributed by atoms with Crippen LogP contribution < -0.4 is 0 Å². The van der Waals surface area contributed by atoms with E-state index in [9.17, 15) is 27.5 Å². The SMILES string of the molecule is CCCc1cc(C(=O)N2N=C(C(F)F)CC2(O)C(F)F)c2ccccc2n1. The van der Waals surface area contributed by atoms with Gasteiger partial charge in [-0.1, -0.05) is 31.5 Å². The van der Waals surface area contributed by atoms with E-state index in [1.165, 1.54) is 6.07 Å². The number of hydrogen-bond acceptors (Lipinski definition) is 4. The zero-order valence-electron chi connectivity index (χ0n) is 14.4. The molecule has 144 valence electrons. The first-order valence-electron chi connectivity index (χ1n) is 8.37. The molecule has 0 spiro atoms. The standard InChI is InChI=1S/C18H17F4N3O2/c1-2-5-10-8-12(11-6-3-4-7-13(11)23-10)16(26)25-18(27,17(21)22)9-14(24-25)15(19)20/h3-4,6-8,15,17,27H,2,5,9H2,1H3. The van der Waals surface area contributed by atoms with Crippen LogP contribution in [0, 0.1) is 0 Å². The van der Waals surface area contributed by atoms with Gasteiger partial charge in [0.1, 0.15) is 5.71 Å². The number of aliphatic hydroxyl groups is 1. The fourth-order valence-corrected chi connectivity index (χ4v) is 3.01. The Morgan fingerprint density at radius 3 is 2.63 bits per heavy atom. The quantitative estimate of drug-likeness (QED) is 0.803. The van der Waals surface area contributed by atoms with Gasteiger partial charge in [-0.2, -0.15) is 10.1 Å². The summed E-state index contributed by atoms with van der Waals surface area (Å²) in [5.74, 6) is -1.08. The highest BCUT2D eigenvalue weighted by atomic mass is 19.3. The Hall–Kier alpha value is -2.55. The van der Waals surface area contributed by atoms with Crippen molar-refractivity contribution in [3.05, 3.63) is 41.6 Å². The minimum Gasteiger partial charge on any atom is -0.364 e. The first-order chi connectivity index (χ1) is 12.8. The summed E-state index contributed by atoms with van der Waals surface area (Å²) in [5.41, 5.74) is -3.08. The van der Waals surface area contributed by atoms with Crippen LogP contribution in [0.25, 0.3) is 10.9 Å². The molecule has 1 aliphatic rings. The van der Waals surface area contributed by atoms with Crippen molar-refractivity contribution in [2.45, 2.75) is 44.8 Å². The van der Waals surface area contributed by atoms with E-state index in [0.29, 0.717) is 23.0 Å². The summed E-state index contributed by atoms with van der Waals surface area (Å²) in [6.45, 7) is 1.91. The molecule has 0 fully saturated rings. The number of aryl methyl sites for hydroxylation is 1. The molecule has 0 saturated carbocycles. The average molecular weight is 383 g/mol. The number of nitrogens with zero attached hydrogens (tertiary/aromatic N) is 3. The van der Waals surface area contributed by atoms with Crippen LogP contribution in [0.2, 0.25) is 0 Å². The number of carbonyl (C=O) groups is 1. The summed E-state index contributed by atoms with van der Waals surface area (Å²) < 4.78 is 52.8. The van der Waals surface area contributed by atoms with Crippen LogP contribution >= 0.6 is 0 Å². The lowest BCUT2D eigenvalue weighted by Crippen LogP contribution is -2.51. The number of aromatic nitrogens is 1. The summed E-state index contributed by atoms with van der Waals surface area (Å²) in [7, 11) is 0. The second-order valence-electron chi connectivity index (χ2n) is 6.29. The number of halogens is 4. The Morgan fingerprint density at radius 2 is 2.00 bits per heavy atom. The maximum atomic E-state index is 13.4. The third-order valence-electron chi connectivity index (χ3n) is 4.34. The second-order valence-corrected chi connectivity index (χ2v) is 6.29. The molecule has 9 heteroatoms. The fraction of sp³-hybridized carbons (Fsp3) is 0.389. The molecule has 27 heavy (non-hydrogen) atoms. The Labute approximate surface area is 152 Å². The van der Waals surface area contributed by atoms with Crippen LogP contribution in [0.1, 0.15) is 35.8 Å². The minimum absolute atomic E-state index is 0.0256. The van der Waals surface area contributed by atoms with Crippen LogP contribution in [-0.2, 0) is 6.42 Å². The zero-order chi connectivity index (χ0) is 19.8. The van der Waals surface area contributed by atoms with Crippen LogP contribution in [0.15, 0.2) is 35.4 Å². The number of benzene rings is 1. The van der Waals surface area contributed by atoms with Crippen LogP contribution in [0.5, 0.6) is 0 Å². The molecule has 1 aromatic carbocycles. The van der Waals surface area contributed by atoms with Gasteiger partial charge in [-0.25, -0.2) is 17.6 Å². The average Bonchev–Trinajstić information content (AvgIpc) is 3.00. The summed E-state index contributed by atoms with van der Waals surface area (Å²) in [6.07, 6.45) is -6.46. The lowest BCUT2D eigenvalue weighted by molar-refractivity contribution is -0.164. The molecule has 0 radical (unpaired) electrons. The van der Waals surface area contributed by atoms with Crippen molar-refractivity contribution in [2.24, 2.45) is 5.10 Å². The van der Waals surface area contributed by atoms with Gasteiger partial charge >= 0.3 is 0 Å². The summed E-state index contributed by atoms with van der Waals surface area (Å²) in [4.78, 5) is 17.4. The molecule has 0 aliphatic carbocycles. The monoisotopic (exact) mass is 383 g/mol. The molecule has 1 aromatic heterocycles. The van der Waals surface area contributed by atoms with Gasteiger partial charge in [0.05, 0.1) is 11.1 Å². The number of amides is 1. The first-order valence-corrected chi connectivity index (χ1v) is 8.37. The van der Waals surface area contributed by atoms with Gasteiger partial charge in [0, 0.05) is 17.5 Å². The third-order valence-corrected chi connectivity index (χ3v) is 4.34. The van der Waals surface area contributed by atoms with Crippen LogP contribution in [0.3, 0.4) is 0 Å². The van der Waals surface area contributed by atoms with Crippen molar-refractivity contribution in [2.75, 3.05) is 0 Å². The van der Waals surface area contributed by atoms with Crippen molar-refractivity contribution in [3.63, 3.8) is 0 Å². The predicted molar refractivity (Wildman–Crippen MR) is 90.9 cm³/mol. The van der Waals surface area contributed by atoms with Gasteiger partial charge < -0.3 is 5.11 Å².